The quantitative estimate of drug-likeness (QED) is 0.834. The van der Waals surface area contributed by atoms with Crippen molar-refractivity contribution in [1.82, 2.24) is 4.90 Å². The Morgan fingerprint density at radius 1 is 1.19 bits per heavy atom. The van der Waals surface area contributed by atoms with Crippen LogP contribution in [-0.2, 0) is 6.42 Å². The molecule has 0 fully saturated rings. The monoisotopic (exact) mass is 291 g/mol. The summed E-state index contributed by atoms with van der Waals surface area (Å²) < 4.78 is 5.57. The molecule has 1 aliphatic rings. The van der Waals surface area contributed by atoms with Gasteiger partial charge in [0, 0.05) is 6.42 Å². The van der Waals surface area contributed by atoms with Crippen LogP contribution < -0.4 is 4.74 Å². The van der Waals surface area contributed by atoms with E-state index >= 15 is 0 Å². The molecule has 1 unspecified atom stereocenters. The van der Waals surface area contributed by atoms with Crippen LogP contribution in [0, 0.1) is 0 Å². The highest BCUT2D eigenvalue weighted by molar-refractivity contribution is 5.41. The lowest BCUT2D eigenvalue weighted by atomic mass is 9.80. The molecule has 0 bridgehead atoms. The zero-order valence-corrected chi connectivity index (χ0v) is 13.9. The first-order chi connectivity index (χ1) is 10.1. The number of rotatable bonds is 7. The third-order valence-electron chi connectivity index (χ3n) is 5.16. The van der Waals surface area contributed by atoms with E-state index in [-0.39, 0.29) is 5.54 Å². The van der Waals surface area contributed by atoms with Gasteiger partial charge in [0.2, 0.25) is 0 Å². The highest BCUT2D eigenvalue weighted by atomic mass is 16.5. The maximum Gasteiger partial charge on any atom is 0.122 e. The number of aliphatic hydroxyl groups is 1. The number of fused-ring (bicyclic) bond motifs is 1. The van der Waals surface area contributed by atoms with Gasteiger partial charge in [-0.25, -0.2) is 0 Å². The third kappa shape index (κ3) is 2.82. The van der Waals surface area contributed by atoms with Gasteiger partial charge in [-0.05, 0) is 49.2 Å². The van der Waals surface area contributed by atoms with Crippen LogP contribution in [0.4, 0.5) is 0 Å². The minimum Gasteiger partial charge on any atom is -0.493 e. The van der Waals surface area contributed by atoms with Crippen molar-refractivity contribution < 1.29 is 9.84 Å². The number of likely N-dealkylation sites (N-methyl/N-ethyl adjacent to an activating group) is 1. The van der Waals surface area contributed by atoms with Crippen LogP contribution >= 0.6 is 0 Å². The number of ether oxygens (including phenoxy) is 1. The molecule has 0 aliphatic carbocycles. The van der Waals surface area contributed by atoms with Crippen LogP contribution in [0.1, 0.15) is 57.8 Å². The van der Waals surface area contributed by atoms with Crippen LogP contribution in [-0.4, -0.2) is 35.2 Å². The normalized spacial score (nSPS) is 15.9. The minimum atomic E-state index is -0.460. The second kappa shape index (κ2) is 6.80. The van der Waals surface area contributed by atoms with Crippen molar-refractivity contribution in [2.24, 2.45) is 0 Å². The standard InChI is InChI=1S/C18H29NO2/c1-5-18(6-2,19(7-3)8-4)17(20)15-9-10-16-14(13-15)11-12-21-16/h9-10,13,17,20H,5-8,11-12H2,1-4H3. The average Bonchev–Trinajstić information content (AvgIpc) is 2.99. The van der Waals surface area contributed by atoms with Gasteiger partial charge in [-0.15, -0.1) is 0 Å². The molecular formula is C18H29NO2. The van der Waals surface area contributed by atoms with E-state index in [1.807, 2.05) is 12.1 Å². The smallest absolute Gasteiger partial charge is 0.122 e. The van der Waals surface area contributed by atoms with Gasteiger partial charge in [0.1, 0.15) is 5.75 Å². The van der Waals surface area contributed by atoms with Crippen molar-refractivity contribution in [2.45, 2.75) is 58.6 Å². The molecule has 3 nitrogen and oxygen atoms in total. The predicted molar refractivity (Wildman–Crippen MR) is 86.8 cm³/mol. The molecule has 118 valence electrons. The number of benzene rings is 1. The van der Waals surface area contributed by atoms with Gasteiger partial charge in [0.15, 0.2) is 0 Å². The minimum absolute atomic E-state index is 0.183. The summed E-state index contributed by atoms with van der Waals surface area (Å²) in [6.45, 7) is 11.4. The lowest BCUT2D eigenvalue weighted by Crippen LogP contribution is -2.52. The summed E-state index contributed by atoms with van der Waals surface area (Å²) in [6, 6.07) is 6.17. The topological polar surface area (TPSA) is 32.7 Å². The second-order valence-corrected chi connectivity index (χ2v) is 5.85. The molecule has 2 rings (SSSR count). The molecule has 1 aromatic carbocycles. The number of hydrogen-bond donors (Lipinski definition) is 1. The first-order valence-electron chi connectivity index (χ1n) is 8.31. The van der Waals surface area contributed by atoms with E-state index < -0.39 is 6.10 Å². The summed E-state index contributed by atoms with van der Waals surface area (Å²) in [5.74, 6) is 0.979. The van der Waals surface area contributed by atoms with E-state index in [4.69, 9.17) is 4.74 Å². The molecule has 21 heavy (non-hydrogen) atoms. The molecule has 0 radical (unpaired) electrons. The molecule has 0 saturated heterocycles. The lowest BCUT2D eigenvalue weighted by Gasteiger charge is -2.46. The Bertz CT molecular complexity index is 464. The van der Waals surface area contributed by atoms with Crippen molar-refractivity contribution in [3.63, 3.8) is 0 Å². The Morgan fingerprint density at radius 2 is 1.86 bits per heavy atom. The summed E-state index contributed by atoms with van der Waals surface area (Å²) in [5.41, 5.74) is 2.07. The summed E-state index contributed by atoms with van der Waals surface area (Å²) in [6.07, 6.45) is 2.38. The van der Waals surface area contributed by atoms with Crippen LogP contribution in [0.25, 0.3) is 0 Å². The van der Waals surface area contributed by atoms with Gasteiger partial charge >= 0.3 is 0 Å². The fourth-order valence-electron chi connectivity index (χ4n) is 3.80. The van der Waals surface area contributed by atoms with E-state index in [1.54, 1.807) is 0 Å². The summed E-state index contributed by atoms with van der Waals surface area (Å²) >= 11 is 0. The summed E-state index contributed by atoms with van der Waals surface area (Å²) in [5, 5.41) is 11.1. The molecule has 0 spiro atoms. The van der Waals surface area contributed by atoms with Crippen LogP contribution in [0.2, 0.25) is 0 Å². The molecule has 0 saturated carbocycles. The van der Waals surface area contributed by atoms with Gasteiger partial charge in [-0.3, -0.25) is 4.90 Å². The van der Waals surface area contributed by atoms with Crippen molar-refractivity contribution in [3.05, 3.63) is 29.3 Å². The van der Waals surface area contributed by atoms with Gasteiger partial charge in [-0.1, -0.05) is 33.8 Å². The summed E-state index contributed by atoms with van der Waals surface area (Å²) in [4.78, 5) is 2.40. The molecule has 3 heteroatoms. The molecular weight excluding hydrogens is 262 g/mol. The van der Waals surface area contributed by atoms with Crippen LogP contribution in [0.3, 0.4) is 0 Å². The average molecular weight is 291 g/mol. The molecule has 0 amide bonds. The van der Waals surface area contributed by atoms with E-state index in [0.717, 1.165) is 50.3 Å². The number of aliphatic hydroxyl groups excluding tert-OH is 1. The summed E-state index contributed by atoms with van der Waals surface area (Å²) in [7, 11) is 0. The van der Waals surface area contributed by atoms with Gasteiger partial charge in [-0.2, -0.15) is 0 Å². The zero-order chi connectivity index (χ0) is 15.5. The Kier molecular flexibility index (Phi) is 5.28. The van der Waals surface area contributed by atoms with Gasteiger partial charge < -0.3 is 9.84 Å². The van der Waals surface area contributed by atoms with E-state index in [0.29, 0.717) is 0 Å². The van der Waals surface area contributed by atoms with Gasteiger partial charge in [0.05, 0.1) is 18.2 Å². The Labute approximate surface area is 128 Å². The second-order valence-electron chi connectivity index (χ2n) is 5.85. The van der Waals surface area contributed by atoms with Crippen molar-refractivity contribution >= 4 is 0 Å². The highest BCUT2D eigenvalue weighted by Gasteiger charge is 2.40. The number of nitrogens with zero attached hydrogens (tertiary/aromatic N) is 1. The predicted octanol–water partition coefficient (Wildman–Crippen LogP) is 3.56. The Balaban J connectivity index is 2.36. The van der Waals surface area contributed by atoms with E-state index in [9.17, 15) is 5.11 Å². The Hall–Kier alpha value is -1.06. The molecule has 1 N–H and O–H groups in total. The van der Waals surface area contributed by atoms with Crippen LogP contribution in [0.5, 0.6) is 5.75 Å². The van der Waals surface area contributed by atoms with E-state index in [2.05, 4.69) is 38.7 Å². The fourth-order valence-corrected chi connectivity index (χ4v) is 3.80. The van der Waals surface area contributed by atoms with E-state index in [1.165, 1.54) is 5.56 Å². The molecule has 1 atom stereocenters. The SMILES string of the molecule is CCN(CC)C(CC)(CC)C(O)c1ccc2c(c1)CCO2. The van der Waals surface area contributed by atoms with Crippen LogP contribution in [0.15, 0.2) is 18.2 Å². The van der Waals surface area contributed by atoms with Crippen molar-refractivity contribution in [2.75, 3.05) is 19.7 Å². The maximum absolute atomic E-state index is 11.1. The number of hydrogen-bond acceptors (Lipinski definition) is 3. The fraction of sp³-hybridized carbons (Fsp3) is 0.667. The highest BCUT2D eigenvalue weighted by Crippen LogP contribution is 2.39. The largest absolute Gasteiger partial charge is 0.493 e. The lowest BCUT2D eigenvalue weighted by molar-refractivity contribution is -0.0366. The van der Waals surface area contributed by atoms with Crippen molar-refractivity contribution in [1.29, 1.82) is 0 Å². The molecule has 1 aliphatic heterocycles. The maximum atomic E-state index is 11.1. The molecule has 0 aromatic heterocycles. The van der Waals surface area contributed by atoms with Gasteiger partial charge in [0.25, 0.3) is 0 Å². The van der Waals surface area contributed by atoms with Crippen molar-refractivity contribution in [3.8, 4) is 5.75 Å². The zero-order valence-electron chi connectivity index (χ0n) is 13.9. The Morgan fingerprint density at radius 3 is 2.43 bits per heavy atom. The molecule has 1 aromatic rings. The first-order valence-corrected chi connectivity index (χ1v) is 8.31. The first kappa shape index (κ1) is 16.3. The third-order valence-corrected chi connectivity index (χ3v) is 5.16. The molecule has 1 heterocycles.